The molecule has 3 amide bonds. The number of hydrogen-bond donors (Lipinski definition) is 2. The third-order valence-electron chi connectivity index (χ3n) is 2.48. The summed E-state index contributed by atoms with van der Waals surface area (Å²) in [6.07, 6.45) is -1.05. The lowest BCUT2D eigenvalue weighted by atomic mass is 10.1. The smallest absolute Gasteiger partial charge is 0.338 e. The van der Waals surface area contributed by atoms with Gasteiger partial charge in [0.05, 0.1) is 5.56 Å². The van der Waals surface area contributed by atoms with Crippen molar-refractivity contribution in [1.82, 2.24) is 10.6 Å². The molecule has 20 heavy (non-hydrogen) atoms. The Labute approximate surface area is 117 Å². The molecule has 0 bridgehead atoms. The quantitative estimate of drug-likeness (QED) is 0.815. The summed E-state index contributed by atoms with van der Waals surface area (Å²) < 4.78 is 5.00. The van der Waals surface area contributed by atoms with Crippen LogP contribution in [0.5, 0.6) is 0 Å². The van der Waals surface area contributed by atoms with Gasteiger partial charge < -0.3 is 10.1 Å². The first-order valence-corrected chi connectivity index (χ1v) is 6.30. The van der Waals surface area contributed by atoms with Crippen LogP contribution < -0.4 is 10.6 Å². The molecule has 0 radical (unpaired) electrons. The number of hydrogen-bond acceptors (Lipinski definition) is 4. The van der Waals surface area contributed by atoms with Gasteiger partial charge in [-0.15, -0.1) is 0 Å². The molecular weight excluding hydrogens is 260 g/mol. The van der Waals surface area contributed by atoms with Crippen LogP contribution in [-0.2, 0) is 9.53 Å². The minimum Gasteiger partial charge on any atom is -0.449 e. The average molecular weight is 278 g/mol. The molecule has 1 aromatic carbocycles. The molecule has 0 unspecified atom stereocenters. The number of ether oxygens (including phenoxy) is 1. The zero-order chi connectivity index (χ0) is 15.1. The predicted octanol–water partition coefficient (Wildman–Crippen LogP) is 1.39. The summed E-state index contributed by atoms with van der Waals surface area (Å²) in [5, 5.41) is 4.50. The number of carbonyl (C=O) groups excluding carboxylic acids is 3. The van der Waals surface area contributed by atoms with E-state index in [1.165, 1.54) is 6.92 Å². The van der Waals surface area contributed by atoms with Gasteiger partial charge in [-0.1, -0.05) is 17.7 Å². The lowest BCUT2D eigenvalue weighted by Gasteiger charge is -2.13. The number of amides is 3. The minimum absolute atomic E-state index is 0.364. The maximum absolute atomic E-state index is 11.8. The van der Waals surface area contributed by atoms with Crippen molar-refractivity contribution in [1.29, 1.82) is 0 Å². The fraction of sp³-hybridized carbons (Fsp3) is 0.357. The molecule has 0 saturated carbocycles. The summed E-state index contributed by atoms with van der Waals surface area (Å²) in [6, 6.07) is 6.23. The summed E-state index contributed by atoms with van der Waals surface area (Å²) in [5.74, 6) is -1.27. The molecular formula is C14H18N2O4. The minimum atomic E-state index is -1.05. The van der Waals surface area contributed by atoms with Gasteiger partial charge in [-0.25, -0.2) is 9.59 Å². The Morgan fingerprint density at radius 2 is 2.00 bits per heavy atom. The summed E-state index contributed by atoms with van der Waals surface area (Å²) >= 11 is 0. The van der Waals surface area contributed by atoms with Crippen molar-refractivity contribution >= 4 is 17.9 Å². The van der Waals surface area contributed by atoms with Crippen molar-refractivity contribution < 1.29 is 19.1 Å². The van der Waals surface area contributed by atoms with Crippen LogP contribution in [0.1, 0.15) is 29.8 Å². The molecule has 0 aromatic heterocycles. The van der Waals surface area contributed by atoms with Crippen molar-refractivity contribution in [2.45, 2.75) is 26.9 Å². The number of rotatable bonds is 4. The summed E-state index contributed by atoms with van der Waals surface area (Å²) in [5.41, 5.74) is 1.28. The first-order valence-electron chi connectivity index (χ1n) is 6.30. The van der Waals surface area contributed by atoms with Crippen molar-refractivity contribution in [3.05, 3.63) is 35.4 Å². The second-order valence-electron chi connectivity index (χ2n) is 4.27. The van der Waals surface area contributed by atoms with Gasteiger partial charge >= 0.3 is 12.0 Å². The van der Waals surface area contributed by atoms with Crippen LogP contribution >= 0.6 is 0 Å². The van der Waals surface area contributed by atoms with Crippen LogP contribution in [0.25, 0.3) is 0 Å². The highest BCUT2D eigenvalue weighted by Gasteiger charge is 2.20. The molecule has 0 aliphatic heterocycles. The van der Waals surface area contributed by atoms with E-state index < -0.39 is 24.0 Å². The normalized spacial score (nSPS) is 11.3. The SMILES string of the molecule is CCNC(=O)NC(=O)[C@@H](C)OC(=O)c1cccc(C)c1. The van der Waals surface area contributed by atoms with Crippen molar-refractivity contribution in [2.75, 3.05) is 6.54 Å². The fourth-order valence-corrected chi connectivity index (χ4v) is 1.47. The zero-order valence-corrected chi connectivity index (χ0v) is 11.7. The summed E-state index contributed by atoms with van der Waals surface area (Å²) in [7, 11) is 0. The number of esters is 1. The molecule has 6 nitrogen and oxygen atoms in total. The molecule has 2 N–H and O–H groups in total. The van der Waals surface area contributed by atoms with Gasteiger partial charge in [-0.3, -0.25) is 10.1 Å². The molecule has 0 aliphatic carbocycles. The Morgan fingerprint density at radius 3 is 2.60 bits per heavy atom. The first kappa shape index (κ1) is 15.7. The second kappa shape index (κ2) is 7.28. The van der Waals surface area contributed by atoms with E-state index in [0.717, 1.165) is 5.56 Å². The van der Waals surface area contributed by atoms with E-state index in [1.54, 1.807) is 25.1 Å². The van der Waals surface area contributed by atoms with E-state index >= 15 is 0 Å². The largest absolute Gasteiger partial charge is 0.449 e. The third-order valence-corrected chi connectivity index (χ3v) is 2.48. The first-order chi connectivity index (χ1) is 9.43. The Morgan fingerprint density at radius 1 is 1.30 bits per heavy atom. The van der Waals surface area contributed by atoms with Crippen LogP contribution in [0.3, 0.4) is 0 Å². The number of aryl methyl sites for hydroxylation is 1. The van der Waals surface area contributed by atoms with E-state index in [2.05, 4.69) is 10.6 Å². The monoisotopic (exact) mass is 278 g/mol. The van der Waals surface area contributed by atoms with Gasteiger partial charge in [0.1, 0.15) is 0 Å². The molecule has 6 heteroatoms. The molecule has 0 heterocycles. The number of carbonyl (C=O) groups is 3. The summed E-state index contributed by atoms with van der Waals surface area (Å²) in [6.45, 7) is 5.38. The van der Waals surface area contributed by atoms with E-state index in [1.807, 2.05) is 13.0 Å². The predicted molar refractivity (Wildman–Crippen MR) is 73.3 cm³/mol. The van der Waals surface area contributed by atoms with Crippen LogP contribution in [0.4, 0.5) is 4.79 Å². The standard InChI is InChI=1S/C14H18N2O4/c1-4-15-14(19)16-12(17)10(3)20-13(18)11-7-5-6-9(2)8-11/h5-8,10H,4H2,1-3H3,(H2,15,16,17,19)/t10-/m1/s1. The highest BCUT2D eigenvalue weighted by atomic mass is 16.5. The van der Waals surface area contributed by atoms with Crippen LogP contribution in [0.2, 0.25) is 0 Å². The maximum atomic E-state index is 11.8. The Balaban J connectivity index is 2.57. The topological polar surface area (TPSA) is 84.5 Å². The second-order valence-corrected chi connectivity index (χ2v) is 4.27. The molecule has 0 aliphatic rings. The van der Waals surface area contributed by atoms with Gasteiger partial charge in [0.25, 0.3) is 5.91 Å². The Kier molecular flexibility index (Phi) is 5.71. The lowest BCUT2D eigenvalue weighted by molar-refractivity contribution is -0.127. The summed E-state index contributed by atoms with van der Waals surface area (Å²) in [4.78, 5) is 34.6. The van der Waals surface area contributed by atoms with E-state index in [-0.39, 0.29) is 0 Å². The van der Waals surface area contributed by atoms with Gasteiger partial charge in [-0.2, -0.15) is 0 Å². The molecule has 0 spiro atoms. The maximum Gasteiger partial charge on any atom is 0.338 e. The van der Waals surface area contributed by atoms with Crippen LogP contribution in [-0.4, -0.2) is 30.6 Å². The highest BCUT2D eigenvalue weighted by Crippen LogP contribution is 2.07. The molecule has 0 saturated heterocycles. The lowest BCUT2D eigenvalue weighted by Crippen LogP contribution is -2.44. The van der Waals surface area contributed by atoms with Gasteiger partial charge in [0.15, 0.2) is 6.10 Å². The molecule has 108 valence electrons. The highest BCUT2D eigenvalue weighted by molar-refractivity contribution is 5.98. The molecule has 1 rings (SSSR count). The zero-order valence-electron chi connectivity index (χ0n) is 11.7. The number of nitrogens with one attached hydrogen (secondary N) is 2. The number of imide groups is 1. The van der Waals surface area contributed by atoms with E-state index in [9.17, 15) is 14.4 Å². The average Bonchev–Trinajstić information content (AvgIpc) is 2.38. The van der Waals surface area contributed by atoms with E-state index in [0.29, 0.717) is 12.1 Å². The van der Waals surface area contributed by atoms with Crippen molar-refractivity contribution in [2.24, 2.45) is 0 Å². The Bertz CT molecular complexity index is 514. The Hall–Kier alpha value is -2.37. The van der Waals surface area contributed by atoms with Crippen LogP contribution in [0, 0.1) is 6.92 Å². The third kappa shape index (κ3) is 4.72. The molecule has 1 aromatic rings. The number of benzene rings is 1. The van der Waals surface area contributed by atoms with Gasteiger partial charge in [-0.05, 0) is 32.9 Å². The van der Waals surface area contributed by atoms with Gasteiger partial charge in [0.2, 0.25) is 0 Å². The number of urea groups is 1. The fourth-order valence-electron chi connectivity index (χ4n) is 1.47. The van der Waals surface area contributed by atoms with Crippen molar-refractivity contribution in [3.8, 4) is 0 Å². The molecule has 0 fully saturated rings. The van der Waals surface area contributed by atoms with Crippen molar-refractivity contribution in [3.63, 3.8) is 0 Å². The van der Waals surface area contributed by atoms with Gasteiger partial charge in [0, 0.05) is 6.54 Å². The van der Waals surface area contributed by atoms with E-state index in [4.69, 9.17) is 4.74 Å². The van der Waals surface area contributed by atoms with Crippen LogP contribution in [0.15, 0.2) is 24.3 Å². The molecule has 1 atom stereocenters.